The Hall–Kier alpha value is -5.16. The zero-order valence-electron chi connectivity index (χ0n) is 28.3. The summed E-state index contributed by atoms with van der Waals surface area (Å²) in [5, 5.41) is 2.77. The Morgan fingerprint density at radius 2 is 1.04 bits per heavy atom. The molecule has 0 bridgehead atoms. The number of ether oxygens (including phenoxy) is 2. The van der Waals surface area contributed by atoms with E-state index in [0.29, 0.717) is 0 Å². The van der Waals surface area contributed by atoms with Gasteiger partial charge in [0.2, 0.25) is 0 Å². The molecule has 2 aliphatic heterocycles. The lowest BCUT2D eigenvalue weighted by Crippen LogP contribution is -2.57. The number of aryl methyl sites for hydroxylation is 2. The second kappa shape index (κ2) is 9.72. The highest BCUT2D eigenvalue weighted by Gasteiger charge is 2.41. The SMILES string of the molecule is CC(C)(C)c1cc2c3c(c1)Oc1cc(-n4c5c(c6ccccc64)CCC5)ccc1B3c1ccc(-n3c4c(c5ccccc53)CCC4)cc1O2. The van der Waals surface area contributed by atoms with Crippen LogP contribution in [0.15, 0.2) is 97.1 Å². The smallest absolute Gasteiger partial charge is 0.260 e. The maximum atomic E-state index is 6.93. The summed E-state index contributed by atoms with van der Waals surface area (Å²) in [7, 11) is 0. The highest BCUT2D eigenvalue weighted by molar-refractivity contribution is 6.98. The van der Waals surface area contributed by atoms with E-state index in [9.17, 15) is 0 Å². The van der Waals surface area contributed by atoms with Gasteiger partial charge in [-0.05, 0) is 108 Å². The average molecular weight is 637 g/mol. The third-order valence-corrected chi connectivity index (χ3v) is 11.7. The highest BCUT2D eigenvalue weighted by atomic mass is 16.5. The summed E-state index contributed by atoms with van der Waals surface area (Å²) in [6.07, 6.45) is 6.95. The highest BCUT2D eigenvalue weighted by Crippen LogP contribution is 2.42. The zero-order valence-corrected chi connectivity index (χ0v) is 28.3. The third-order valence-electron chi connectivity index (χ3n) is 11.7. The van der Waals surface area contributed by atoms with Crippen molar-refractivity contribution in [1.82, 2.24) is 9.13 Å². The summed E-state index contributed by atoms with van der Waals surface area (Å²) in [6.45, 7) is 6.81. The van der Waals surface area contributed by atoms with Crippen LogP contribution in [-0.4, -0.2) is 15.8 Å². The second-order valence-electron chi connectivity index (χ2n) is 15.5. The van der Waals surface area contributed by atoms with E-state index >= 15 is 0 Å². The summed E-state index contributed by atoms with van der Waals surface area (Å²) in [5.41, 5.74) is 15.5. The fourth-order valence-electron chi connectivity index (χ4n) is 9.44. The molecule has 4 heterocycles. The maximum absolute atomic E-state index is 6.93. The Kier molecular flexibility index (Phi) is 5.51. The number of hydrogen-bond acceptors (Lipinski definition) is 2. The standard InChI is InChI=1S/C44H37BN2O2/c1-44(2,3)26-22-41-43-42(23-26)49-40-25-28(47-36-15-7-5-11-30(36)32-13-9-17-38(32)47)19-21-34(40)45(43)33-20-18-27(24-39(33)48-41)46-35-14-6-4-10-29(35)31-12-8-16-37(31)46/h4-7,10-11,14-15,18-25H,8-9,12-13,16-17H2,1-3H3. The van der Waals surface area contributed by atoms with Gasteiger partial charge in [0.05, 0.1) is 11.0 Å². The van der Waals surface area contributed by atoms with Gasteiger partial charge in [-0.2, -0.15) is 0 Å². The number of hydrogen-bond donors (Lipinski definition) is 0. The summed E-state index contributed by atoms with van der Waals surface area (Å²) >= 11 is 0. The lowest BCUT2D eigenvalue weighted by atomic mass is 9.34. The monoisotopic (exact) mass is 636 g/mol. The summed E-state index contributed by atoms with van der Waals surface area (Å²) in [4.78, 5) is 0. The lowest BCUT2D eigenvalue weighted by Gasteiger charge is -2.35. The van der Waals surface area contributed by atoms with E-state index in [2.05, 4.69) is 127 Å². The molecule has 0 unspecified atom stereocenters. The number of para-hydroxylation sites is 2. The second-order valence-corrected chi connectivity index (χ2v) is 15.5. The van der Waals surface area contributed by atoms with Crippen molar-refractivity contribution in [3.05, 3.63) is 125 Å². The van der Waals surface area contributed by atoms with Gasteiger partial charge in [-0.3, -0.25) is 0 Å². The maximum Gasteiger partial charge on any atom is 0.260 e. The molecule has 11 rings (SSSR count). The zero-order chi connectivity index (χ0) is 32.6. The molecule has 0 atom stereocenters. The van der Waals surface area contributed by atoms with Crippen LogP contribution in [-0.2, 0) is 31.1 Å². The van der Waals surface area contributed by atoms with Crippen LogP contribution in [0.1, 0.15) is 61.7 Å². The van der Waals surface area contributed by atoms with E-state index in [4.69, 9.17) is 9.47 Å². The average Bonchev–Trinajstić information content (AvgIpc) is 3.89. The summed E-state index contributed by atoms with van der Waals surface area (Å²) in [5.74, 6) is 3.68. The van der Waals surface area contributed by atoms with Crippen LogP contribution in [0.3, 0.4) is 0 Å². The number of nitrogens with zero attached hydrogens (tertiary/aromatic N) is 2. The number of fused-ring (bicyclic) bond motifs is 10. The molecule has 49 heavy (non-hydrogen) atoms. The minimum absolute atomic E-state index is 0.0221. The fraction of sp³-hybridized carbons (Fsp3) is 0.227. The van der Waals surface area contributed by atoms with Crippen molar-refractivity contribution in [2.75, 3.05) is 0 Å². The molecule has 0 saturated carbocycles. The molecule has 5 aromatic carbocycles. The van der Waals surface area contributed by atoms with Crippen LogP contribution < -0.4 is 25.9 Å². The van der Waals surface area contributed by atoms with Crippen molar-refractivity contribution in [3.63, 3.8) is 0 Å². The minimum atomic E-state index is -0.0623. The quantitative estimate of drug-likeness (QED) is 0.178. The molecular weight excluding hydrogens is 599 g/mol. The van der Waals surface area contributed by atoms with Gasteiger partial charge in [-0.1, -0.05) is 69.3 Å². The van der Waals surface area contributed by atoms with Crippen molar-refractivity contribution in [2.24, 2.45) is 0 Å². The molecule has 0 saturated heterocycles. The van der Waals surface area contributed by atoms with Crippen molar-refractivity contribution < 1.29 is 9.47 Å². The van der Waals surface area contributed by atoms with Crippen molar-refractivity contribution in [2.45, 2.75) is 64.7 Å². The Morgan fingerprint density at radius 1 is 0.551 bits per heavy atom. The van der Waals surface area contributed by atoms with Gasteiger partial charge in [0.1, 0.15) is 23.0 Å². The molecule has 5 heteroatoms. The number of rotatable bonds is 2. The van der Waals surface area contributed by atoms with E-state index in [1.54, 1.807) is 0 Å². The van der Waals surface area contributed by atoms with E-state index in [-0.39, 0.29) is 12.1 Å². The van der Waals surface area contributed by atoms with Gasteiger partial charge in [0.25, 0.3) is 6.71 Å². The van der Waals surface area contributed by atoms with Crippen molar-refractivity contribution in [3.8, 4) is 34.4 Å². The molecule has 7 aromatic rings. The van der Waals surface area contributed by atoms with E-state index in [1.165, 1.54) is 85.0 Å². The van der Waals surface area contributed by atoms with Crippen LogP contribution >= 0.6 is 0 Å². The predicted molar refractivity (Wildman–Crippen MR) is 201 cm³/mol. The first kappa shape index (κ1) is 27.8. The number of benzene rings is 5. The lowest BCUT2D eigenvalue weighted by molar-refractivity contribution is 0.458. The Morgan fingerprint density at radius 3 is 1.53 bits per heavy atom. The summed E-state index contributed by atoms with van der Waals surface area (Å²) in [6, 6.07) is 36.1. The van der Waals surface area contributed by atoms with Gasteiger partial charge >= 0.3 is 0 Å². The number of aromatic nitrogens is 2. The molecule has 0 radical (unpaired) electrons. The summed E-state index contributed by atoms with van der Waals surface area (Å²) < 4.78 is 18.8. The topological polar surface area (TPSA) is 28.3 Å². The van der Waals surface area contributed by atoms with Crippen molar-refractivity contribution >= 4 is 44.9 Å². The molecule has 2 aromatic heterocycles. The van der Waals surface area contributed by atoms with Crippen LogP contribution in [0, 0.1) is 0 Å². The van der Waals surface area contributed by atoms with Gasteiger partial charge in [0.15, 0.2) is 0 Å². The Bertz CT molecular complexity index is 2400. The van der Waals surface area contributed by atoms with Gasteiger partial charge in [-0.25, -0.2) is 0 Å². The molecule has 4 aliphatic rings. The van der Waals surface area contributed by atoms with Crippen LogP contribution in [0.2, 0.25) is 0 Å². The molecule has 0 N–H and O–H groups in total. The van der Waals surface area contributed by atoms with E-state index in [1.807, 2.05) is 0 Å². The van der Waals surface area contributed by atoms with Crippen LogP contribution in [0.4, 0.5) is 0 Å². The molecule has 238 valence electrons. The van der Waals surface area contributed by atoms with E-state index in [0.717, 1.165) is 54.1 Å². The van der Waals surface area contributed by atoms with Gasteiger partial charge in [0, 0.05) is 51.1 Å². The molecule has 0 spiro atoms. The van der Waals surface area contributed by atoms with Crippen LogP contribution in [0.5, 0.6) is 23.0 Å². The van der Waals surface area contributed by atoms with Crippen LogP contribution in [0.25, 0.3) is 33.2 Å². The van der Waals surface area contributed by atoms with Gasteiger partial charge in [-0.15, -0.1) is 0 Å². The fourth-order valence-corrected chi connectivity index (χ4v) is 9.44. The largest absolute Gasteiger partial charge is 0.458 e. The Labute approximate surface area is 287 Å². The predicted octanol–water partition coefficient (Wildman–Crippen LogP) is 8.58. The van der Waals surface area contributed by atoms with Crippen molar-refractivity contribution in [1.29, 1.82) is 0 Å². The third kappa shape index (κ3) is 3.82. The minimum Gasteiger partial charge on any atom is -0.458 e. The normalized spacial score (nSPS) is 15.4. The molecule has 0 amide bonds. The molecule has 2 aliphatic carbocycles. The van der Waals surface area contributed by atoms with E-state index < -0.39 is 0 Å². The molecule has 4 nitrogen and oxygen atoms in total. The first-order valence-electron chi connectivity index (χ1n) is 18.0. The van der Waals surface area contributed by atoms with Gasteiger partial charge < -0.3 is 18.6 Å². The first-order valence-corrected chi connectivity index (χ1v) is 18.0. The molecule has 0 fully saturated rings. The Balaban J connectivity index is 1.11. The molecular formula is C44H37BN2O2. The first-order chi connectivity index (χ1) is 23.9.